The lowest BCUT2D eigenvalue weighted by molar-refractivity contribution is -0.312. The molecule has 0 aliphatic carbocycles. The number of carbonyl (C=O) groups is 1. The summed E-state index contributed by atoms with van der Waals surface area (Å²) in [5, 5.41) is 11.4. The van der Waals surface area contributed by atoms with E-state index < -0.39 is 17.5 Å². The molecule has 0 radical (unpaired) electrons. The van der Waals surface area contributed by atoms with Crippen LogP contribution >= 0.6 is 0 Å². The van der Waals surface area contributed by atoms with Crippen molar-refractivity contribution < 1.29 is 19.1 Å². The molecule has 5 heteroatoms. The van der Waals surface area contributed by atoms with Crippen molar-refractivity contribution in [3.63, 3.8) is 0 Å². The lowest BCUT2D eigenvalue weighted by Gasteiger charge is -2.17. The molecular formula is C20H17O5-. The average Bonchev–Trinajstić information content (AvgIpc) is 2.64. The van der Waals surface area contributed by atoms with Crippen LogP contribution in [0, 0.1) is 0 Å². The maximum atomic E-state index is 13.0. The summed E-state index contributed by atoms with van der Waals surface area (Å²) in [5.74, 6) is -1.32. The van der Waals surface area contributed by atoms with Gasteiger partial charge in [0.05, 0.1) is 11.4 Å². The van der Waals surface area contributed by atoms with E-state index in [9.17, 15) is 14.7 Å². The maximum absolute atomic E-state index is 13.0. The molecule has 0 aliphatic heterocycles. The second-order valence-electron chi connectivity index (χ2n) is 5.72. The quantitative estimate of drug-likeness (QED) is 0.715. The number of aryl methyl sites for hydroxylation is 1. The van der Waals surface area contributed by atoms with Crippen LogP contribution < -0.4 is 15.3 Å². The van der Waals surface area contributed by atoms with Crippen molar-refractivity contribution in [2.75, 3.05) is 0 Å². The largest absolute Gasteiger partial charge is 0.546 e. The van der Waals surface area contributed by atoms with Crippen molar-refractivity contribution in [3.8, 4) is 17.1 Å². The van der Waals surface area contributed by atoms with Gasteiger partial charge in [0.2, 0.25) is 11.2 Å². The van der Waals surface area contributed by atoms with E-state index in [1.165, 1.54) is 6.92 Å². The molecule has 1 heterocycles. The minimum Gasteiger partial charge on any atom is -0.546 e. The van der Waals surface area contributed by atoms with Crippen molar-refractivity contribution in [2.45, 2.75) is 26.4 Å². The van der Waals surface area contributed by atoms with Crippen LogP contribution in [0.15, 0.2) is 57.7 Å². The molecule has 1 atom stereocenters. The van der Waals surface area contributed by atoms with Gasteiger partial charge in [-0.3, -0.25) is 4.79 Å². The molecule has 3 aromatic rings. The Labute approximate surface area is 144 Å². The number of ether oxygens (including phenoxy) is 1. The number of hydrogen-bond acceptors (Lipinski definition) is 5. The number of aliphatic carboxylic acids is 1. The zero-order valence-electron chi connectivity index (χ0n) is 13.9. The highest BCUT2D eigenvalue weighted by molar-refractivity contribution is 5.83. The van der Waals surface area contributed by atoms with E-state index in [0.29, 0.717) is 16.5 Å². The first kappa shape index (κ1) is 16.8. The number of fused-ring (bicyclic) bond motifs is 1. The number of benzene rings is 2. The Kier molecular flexibility index (Phi) is 4.57. The summed E-state index contributed by atoms with van der Waals surface area (Å²) in [7, 11) is 0. The monoisotopic (exact) mass is 337 g/mol. The zero-order valence-corrected chi connectivity index (χ0v) is 13.9. The standard InChI is InChI=1S/C20H18O5/c1-3-13-9-10-16-15(11-13)17(21)19(24-12(2)20(22)23)18(25-16)14-7-5-4-6-8-14/h4-12H,3H2,1-2H3,(H,22,23)/p-1/t12-/m0/s1. The van der Waals surface area contributed by atoms with Gasteiger partial charge in [0.25, 0.3) is 0 Å². The number of hydrogen-bond donors (Lipinski definition) is 0. The van der Waals surface area contributed by atoms with Gasteiger partial charge in [-0.1, -0.05) is 43.3 Å². The molecular weight excluding hydrogens is 320 g/mol. The van der Waals surface area contributed by atoms with E-state index >= 15 is 0 Å². The zero-order chi connectivity index (χ0) is 18.0. The molecule has 0 bridgehead atoms. The molecule has 5 nitrogen and oxygen atoms in total. The van der Waals surface area contributed by atoms with Gasteiger partial charge in [-0.05, 0) is 31.0 Å². The van der Waals surface area contributed by atoms with Crippen LogP contribution in [0.25, 0.3) is 22.3 Å². The van der Waals surface area contributed by atoms with E-state index in [2.05, 4.69) is 0 Å². The molecule has 128 valence electrons. The summed E-state index contributed by atoms with van der Waals surface area (Å²) >= 11 is 0. The van der Waals surface area contributed by atoms with Crippen LogP contribution in [0.4, 0.5) is 0 Å². The predicted molar refractivity (Wildman–Crippen MR) is 92.4 cm³/mol. The van der Waals surface area contributed by atoms with Crippen molar-refractivity contribution in [2.24, 2.45) is 0 Å². The minimum atomic E-state index is -1.40. The van der Waals surface area contributed by atoms with Crippen molar-refractivity contribution in [1.82, 2.24) is 0 Å². The fourth-order valence-corrected chi connectivity index (χ4v) is 2.56. The smallest absolute Gasteiger partial charge is 0.235 e. The van der Waals surface area contributed by atoms with Gasteiger partial charge in [0.15, 0.2) is 5.76 Å². The van der Waals surface area contributed by atoms with Gasteiger partial charge < -0.3 is 19.1 Å². The summed E-state index contributed by atoms with van der Waals surface area (Å²) in [4.78, 5) is 24.0. The number of carboxylic acid groups (broad SMARTS) is 1. The van der Waals surface area contributed by atoms with Crippen molar-refractivity contribution in [1.29, 1.82) is 0 Å². The fourth-order valence-electron chi connectivity index (χ4n) is 2.56. The Morgan fingerprint density at radius 2 is 1.92 bits per heavy atom. The van der Waals surface area contributed by atoms with E-state index in [0.717, 1.165) is 12.0 Å². The Morgan fingerprint density at radius 1 is 1.20 bits per heavy atom. The van der Waals surface area contributed by atoms with E-state index in [1.807, 2.05) is 19.1 Å². The molecule has 0 spiro atoms. The molecule has 3 rings (SSSR count). The Balaban J connectivity index is 2.28. The van der Waals surface area contributed by atoms with E-state index in [1.54, 1.807) is 36.4 Å². The first-order chi connectivity index (χ1) is 12.0. The second kappa shape index (κ2) is 6.81. The average molecular weight is 337 g/mol. The molecule has 0 aliphatic rings. The van der Waals surface area contributed by atoms with Gasteiger partial charge >= 0.3 is 0 Å². The summed E-state index contributed by atoms with van der Waals surface area (Å²) in [6, 6.07) is 14.3. The Morgan fingerprint density at radius 3 is 2.56 bits per heavy atom. The fraction of sp³-hybridized carbons (Fsp3) is 0.200. The molecule has 0 saturated carbocycles. The third-order valence-electron chi connectivity index (χ3n) is 3.98. The topological polar surface area (TPSA) is 79.6 Å². The number of carboxylic acids is 1. The predicted octanol–water partition coefficient (Wildman–Crippen LogP) is 2.54. The summed E-state index contributed by atoms with van der Waals surface area (Å²) < 4.78 is 11.3. The second-order valence-corrected chi connectivity index (χ2v) is 5.72. The number of carbonyl (C=O) groups excluding carboxylic acids is 1. The molecule has 1 aromatic heterocycles. The molecule has 0 N–H and O–H groups in total. The van der Waals surface area contributed by atoms with Gasteiger partial charge in [-0.2, -0.15) is 0 Å². The first-order valence-corrected chi connectivity index (χ1v) is 8.04. The van der Waals surface area contributed by atoms with Crippen LogP contribution in [0.5, 0.6) is 5.75 Å². The maximum Gasteiger partial charge on any atom is 0.235 e. The third kappa shape index (κ3) is 3.26. The minimum absolute atomic E-state index is 0.122. The molecule has 0 saturated heterocycles. The molecule has 25 heavy (non-hydrogen) atoms. The lowest BCUT2D eigenvalue weighted by Crippen LogP contribution is -2.38. The van der Waals surface area contributed by atoms with Crippen LogP contribution in [0.1, 0.15) is 19.4 Å². The van der Waals surface area contributed by atoms with E-state index in [-0.39, 0.29) is 11.5 Å². The van der Waals surface area contributed by atoms with Crippen molar-refractivity contribution >= 4 is 16.9 Å². The van der Waals surface area contributed by atoms with Gasteiger partial charge in [0, 0.05) is 5.56 Å². The van der Waals surface area contributed by atoms with Crippen LogP contribution in [0.2, 0.25) is 0 Å². The molecule has 0 fully saturated rings. The SMILES string of the molecule is CCc1ccc2oc(-c3ccccc3)c(O[C@@H](C)C(=O)[O-])c(=O)c2c1. The normalized spacial score (nSPS) is 12.1. The van der Waals surface area contributed by atoms with Gasteiger partial charge in [-0.25, -0.2) is 0 Å². The van der Waals surface area contributed by atoms with Gasteiger partial charge in [-0.15, -0.1) is 0 Å². The Bertz CT molecular complexity index is 973. The summed E-state index contributed by atoms with van der Waals surface area (Å²) in [6.07, 6.45) is -0.515. The van der Waals surface area contributed by atoms with Crippen LogP contribution in [0.3, 0.4) is 0 Å². The third-order valence-corrected chi connectivity index (χ3v) is 3.98. The number of rotatable bonds is 5. The van der Waals surface area contributed by atoms with E-state index in [4.69, 9.17) is 9.15 Å². The highest BCUT2D eigenvalue weighted by atomic mass is 16.5. The molecule has 0 unspecified atom stereocenters. The highest BCUT2D eigenvalue weighted by Crippen LogP contribution is 2.31. The lowest BCUT2D eigenvalue weighted by atomic mass is 10.1. The summed E-state index contributed by atoms with van der Waals surface area (Å²) in [5.41, 5.74) is 1.63. The Hall–Kier alpha value is -3.08. The van der Waals surface area contributed by atoms with Crippen LogP contribution in [-0.2, 0) is 11.2 Å². The summed E-state index contributed by atoms with van der Waals surface area (Å²) in [6.45, 7) is 3.30. The highest BCUT2D eigenvalue weighted by Gasteiger charge is 2.20. The molecule has 2 aromatic carbocycles. The van der Waals surface area contributed by atoms with Crippen molar-refractivity contribution in [3.05, 3.63) is 64.3 Å². The first-order valence-electron chi connectivity index (χ1n) is 8.04. The van der Waals surface area contributed by atoms with Crippen LogP contribution in [-0.4, -0.2) is 12.1 Å². The van der Waals surface area contributed by atoms with Gasteiger partial charge in [0.1, 0.15) is 11.7 Å². The molecule has 0 amide bonds.